The van der Waals surface area contributed by atoms with Gasteiger partial charge in [-0.25, -0.2) is 15.0 Å². The molecule has 10 heteroatoms. The van der Waals surface area contributed by atoms with Crippen LogP contribution in [0.15, 0.2) is 72.1 Å². The van der Waals surface area contributed by atoms with Crippen molar-refractivity contribution in [1.29, 1.82) is 0 Å². The summed E-state index contributed by atoms with van der Waals surface area (Å²) in [7, 11) is 1.61. The molecule has 1 spiro atoms. The summed E-state index contributed by atoms with van der Waals surface area (Å²) < 4.78 is 40.3. The first-order valence-corrected chi connectivity index (χ1v) is 11.9. The van der Waals surface area contributed by atoms with Crippen molar-refractivity contribution in [3.05, 3.63) is 90.1 Å². The third-order valence-corrected chi connectivity index (χ3v) is 7.41. The number of pyridine rings is 3. The smallest absolute Gasteiger partial charge is 0.220 e. The topological polar surface area (TPSA) is 95.5 Å². The minimum atomic E-state index is -1.01. The van der Waals surface area contributed by atoms with Crippen LogP contribution in [-0.2, 0) is 10.3 Å². The van der Waals surface area contributed by atoms with Gasteiger partial charge >= 0.3 is 0 Å². The number of nitrogens with two attached hydrogens (primary N) is 1. The summed E-state index contributed by atoms with van der Waals surface area (Å²) in [6, 6.07) is 13.6. The lowest BCUT2D eigenvalue weighted by molar-refractivity contribution is 0.181. The largest absolute Gasteiger partial charge is 0.455 e. The molecule has 0 amide bonds. The highest BCUT2D eigenvalue weighted by Gasteiger charge is 2.53. The number of nitrogens with zero attached hydrogens (tertiary/aromatic N) is 4. The monoisotopic (exact) mass is 503 g/mol. The molecule has 2 N–H and O–H groups in total. The number of hydrogen-bond donors (Lipinski definition) is 1. The van der Waals surface area contributed by atoms with E-state index in [1.807, 2.05) is 12.1 Å². The van der Waals surface area contributed by atoms with E-state index in [-0.39, 0.29) is 5.25 Å². The molecule has 2 atom stereocenters. The molecular formula is C26H19F2N5O2S. The van der Waals surface area contributed by atoms with Crippen molar-refractivity contribution in [1.82, 2.24) is 15.0 Å². The standard InChI is InChI=1S/C26H19F2N5O2S/c1-34-13-22-26(33-25(29)36-22)17-9-14(16-3-2-7-31-24(16)28)4-5-20(17)35-21-12-32-19(11-18(21)26)15-6-8-30-23(27)10-15/h2-12,22H,13H2,1H3,(H2,29,33). The second-order valence-corrected chi connectivity index (χ2v) is 9.59. The maximum Gasteiger partial charge on any atom is 0.220 e. The Morgan fingerprint density at radius 3 is 2.67 bits per heavy atom. The number of methoxy groups -OCH3 is 1. The van der Waals surface area contributed by atoms with E-state index < -0.39 is 17.4 Å². The van der Waals surface area contributed by atoms with E-state index >= 15 is 0 Å². The SMILES string of the molecule is COCC1SC(N)=NC12c1cc(-c3cccnc3F)ccc1Oc1cnc(-c3ccnc(F)c3)cc12. The lowest BCUT2D eigenvalue weighted by atomic mass is 9.77. The number of amidine groups is 1. The van der Waals surface area contributed by atoms with Gasteiger partial charge in [-0.2, -0.15) is 8.78 Å². The first-order valence-electron chi connectivity index (χ1n) is 11.1. The summed E-state index contributed by atoms with van der Waals surface area (Å²) in [6.07, 6.45) is 4.39. The number of hydrogen-bond acceptors (Lipinski definition) is 8. The molecule has 0 saturated carbocycles. The van der Waals surface area contributed by atoms with Crippen molar-refractivity contribution in [2.45, 2.75) is 10.8 Å². The molecule has 2 unspecified atom stereocenters. The van der Waals surface area contributed by atoms with Crippen LogP contribution in [0.25, 0.3) is 22.4 Å². The van der Waals surface area contributed by atoms with E-state index in [4.69, 9.17) is 20.2 Å². The van der Waals surface area contributed by atoms with Gasteiger partial charge in [0.25, 0.3) is 0 Å². The molecule has 6 rings (SSSR count). The van der Waals surface area contributed by atoms with Gasteiger partial charge in [0.2, 0.25) is 11.9 Å². The number of ether oxygens (including phenoxy) is 2. The zero-order chi connectivity index (χ0) is 24.9. The number of fused-ring (bicyclic) bond motifs is 4. The molecular weight excluding hydrogens is 484 g/mol. The molecule has 2 aliphatic heterocycles. The molecule has 0 radical (unpaired) electrons. The summed E-state index contributed by atoms with van der Waals surface area (Å²) in [5.41, 5.74) is 8.76. The van der Waals surface area contributed by atoms with Gasteiger partial charge in [-0.15, -0.1) is 0 Å². The first-order chi connectivity index (χ1) is 17.5. The molecule has 36 heavy (non-hydrogen) atoms. The summed E-state index contributed by atoms with van der Waals surface area (Å²) in [6.45, 7) is 0.334. The Hall–Kier alpha value is -3.89. The molecule has 0 aliphatic carbocycles. The quantitative estimate of drug-likeness (QED) is 0.396. The van der Waals surface area contributed by atoms with Gasteiger partial charge < -0.3 is 15.2 Å². The zero-order valence-electron chi connectivity index (χ0n) is 19.0. The number of halogens is 2. The average molecular weight is 504 g/mol. The van der Waals surface area contributed by atoms with E-state index in [2.05, 4.69) is 15.0 Å². The number of aliphatic imine (C=N–C) groups is 1. The number of aromatic nitrogens is 3. The van der Waals surface area contributed by atoms with Crippen LogP contribution in [0.2, 0.25) is 0 Å². The van der Waals surface area contributed by atoms with Gasteiger partial charge in [-0.05, 0) is 42.0 Å². The summed E-state index contributed by atoms with van der Waals surface area (Å²) in [5.74, 6) is -0.129. The highest BCUT2D eigenvalue weighted by Crippen LogP contribution is 2.57. The second kappa shape index (κ2) is 8.65. The Balaban J connectivity index is 1.60. The fourth-order valence-electron chi connectivity index (χ4n) is 4.77. The lowest BCUT2D eigenvalue weighted by Gasteiger charge is -2.38. The van der Waals surface area contributed by atoms with Crippen LogP contribution in [0, 0.1) is 11.9 Å². The van der Waals surface area contributed by atoms with Gasteiger partial charge in [0.05, 0.1) is 23.7 Å². The first kappa shape index (κ1) is 22.6. The van der Waals surface area contributed by atoms with E-state index in [1.165, 1.54) is 30.2 Å². The molecule has 2 aliphatic rings. The Morgan fingerprint density at radius 1 is 1.00 bits per heavy atom. The molecule has 3 aromatic heterocycles. The summed E-state index contributed by atoms with van der Waals surface area (Å²) >= 11 is 1.40. The van der Waals surface area contributed by atoms with Crippen LogP contribution in [-0.4, -0.2) is 39.1 Å². The minimum absolute atomic E-state index is 0.248. The van der Waals surface area contributed by atoms with Gasteiger partial charge in [0.15, 0.2) is 10.9 Å². The third kappa shape index (κ3) is 3.52. The predicted molar refractivity (Wildman–Crippen MR) is 133 cm³/mol. The predicted octanol–water partition coefficient (Wildman–Crippen LogP) is 4.91. The highest BCUT2D eigenvalue weighted by atomic mass is 32.2. The number of thioether (sulfide) groups is 1. The van der Waals surface area contributed by atoms with Crippen molar-refractivity contribution < 1.29 is 18.3 Å². The van der Waals surface area contributed by atoms with E-state index in [0.717, 1.165) is 0 Å². The van der Waals surface area contributed by atoms with Crippen molar-refractivity contribution >= 4 is 16.9 Å². The van der Waals surface area contributed by atoms with Crippen molar-refractivity contribution in [2.24, 2.45) is 10.7 Å². The maximum atomic E-state index is 14.6. The van der Waals surface area contributed by atoms with Crippen molar-refractivity contribution in [2.75, 3.05) is 13.7 Å². The molecule has 4 aromatic rings. The van der Waals surface area contributed by atoms with Crippen LogP contribution in [0.3, 0.4) is 0 Å². The molecule has 7 nitrogen and oxygen atoms in total. The molecule has 0 saturated heterocycles. The Labute approximate surface area is 209 Å². The molecule has 0 fully saturated rings. The van der Waals surface area contributed by atoms with Crippen LogP contribution in [0.1, 0.15) is 11.1 Å². The molecule has 5 heterocycles. The normalized spacial score (nSPS) is 20.0. The Morgan fingerprint density at radius 2 is 1.86 bits per heavy atom. The zero-order valence-corrected chi connectivity index (χ0v) is 19.8. The minimum Gasteiger partial charge on any atom is -0.455 e. The molecule has 1 aromatic carbocycles. The lowest BCUT2D eigenvalue weighted by Crippen LogP contribution is -2.39. The van der Waals surface area contributed by atoms with Gasteiger partial charge in [-0.3, -0.25) is 4.98 Å². The maximum absolute atomic E-state index is 14.6. The van der Waals surface area contributed by atoms with Gasteiger partial charge in [-0.1, -0.05) is 17.8 Å². The fraction of sp³-hybridized carbons (Fsp3) is 0.154. The summed E-state index contributed by atoms with van der Waals surface area (Å²) in [5, 5.41) is 0.143. The number of rotatable bonds is 4. The average Bonchev–Trinajstić information content (AvgIpc) is 3.20. The third-order valence-electron chi connectivity index (χ3n) is 6.31. The highest BCUT2D eigenvalue weighted by molar-refractivity contribution is 8.14. The number of benzene rings is 1. The fourth-order valence-corrected chi connectivity index (χ4v) is 5.94. The second-order valence-electron chi connectivity index (χ2n) is 8.37. The van der Waals surface area contributed by atoms with Crippen LogP contribution >= 0.6 is 11.8 Å². The van der Waals surface area contributed by atoms with Crippen molar-refractivity contribution in [3.63, 3.8) is 0 Å². The summed E-state index contributed by atoms with van der Waals surface area (Å²) in [4.78, 5) is 16.9. The molecule has 0 bridgehead atoms. The Kier molecular flexibility index (Phi) is 5.42. The van der Waals surface area contributed by atoms with E-state index in [9.17, 15) is 8.78 Å². The molecule has 180 valence electrons. The van der Waals surface area contributed by atoms with E-state index in [1.54, 1.807) is 43.6 Å². The Bertz CT molecular complexity index is 1530. The van der Waals surface area contributed by atoms with E-state index in [0.29, 0.717) is 56.8 Å². The van der Waals surface area contributed by atoms with Crippen molar-refractivity contribution in [3.8, 4) is 33.9 Å². The van der Waals surface area contributed by atoms with Gasteiger partial charge in [0, 0.05) is 47.8 Å². The van der Waals surface area contributed by atoms with Gasteiger partial charge in [0.1, 0.15) is 11.3 Å². The van der Waals surface area contributed by atoms with Crippen LogP contribution in [0.4, 0.5) is 8.78 Å². The van der Waals surface area contributed by atoms with Crippen LogP contribution in [0.5, 0.6) is 11.5 Å². The van der Waals surface area contributed by atoms with Crippen LogP contribution < -0.4 is 10.5 Å².